The summed E-state index contributed by atoms with van der Waals surface area (Å²) in [5.74, 6) is -2.48. The lowest BCUT2D eigenvalue weighted by Crippen LogP contribution is -2.55. The zero-order valence-corrected chi connectivity index (χ0v) is 28.1. The molecular weight excluding hydrogens is 588 g/mol. The van der Waals surface area contributed by atoms with Crippen LogP contribution in [0.1, 0.15) is 86.5 Å². The van der Waals surface area contributed by atoms with Gasteiger partial charge in [0.15, 0.2) is 5.78 Å². The van der Waals surface area contributed by atoms with Gasteiger partial charge < -0.3 is 23.7 Å². The van der Waals surface area contributed by atoms with Crippen molar-refractivity contribution in [1.82, 2.24) is 0 Å². The fraction of sp³-hybridized carbons (Fsp3) is 0.788. The highest BCUT2D eigenvalue weighted by Gasteiger charge is 2.72. The summed E-state index contributed by atoms with van der Waals surface area (Å²) in [6, 6.07) is 0. The van der Waals surface area contributed by atoms with Crippen molar-refractivity contribution in [1.29, 1.82) is 0 Å². The van der Waals surface area contributed by atoms with Gasteiger partial charge in [-0.15, -0.1) is 0 Å². The Balaban J connectivity index is 1.50. The highest BCUT2D eigenvalue weighted by Crippen LogP contribution is 2.59. The predicted molar refractivity (Wildman–Crippen MR) is 165 cm³/mol. The number of ether oxygens (including phenoxy) is 5. The Hall–Kier alpha value is -2.08. The number of Topliss-reactive ketones (excluding diaryl/α,β-unsaturated/α-hetero) is 3. The first-order valence-electron chi connectivity index (χ1n) is 15.7. The Labute approximate surface area is 265 Å². The molecule has 7 atom stereocenters. The minimum atomic E-state index is -0.730. The summed E-state index contributed by atoms with van der Waals surface area (Å²) in [5.41, 5.74) is 0.425. The number of allylic oxidation sites excluding steroid dienone is 1. The molecule has 0 N–H and O–H groups in total. The van der Waals surface area contributed by atoms with Crippen molar-refractivity contribution in [3.05, 3.63) is 11.6 Å². The molecule has 0 unspecified atom stereocenters. The van der Waals surface area contributed by atoms with Crippen LogP contribution in [0.15, 0.2) is 11.6 Å². The van der Waals surface area contributed by atoms with Crippen LogP contribution < -0.4 is 0 Å². The lowest BCUT2D eigenvalue weighted by Gasteiger charge is -2.42. The molecule has 0 aromatic heterocycles. The van der Waals surface area contributed by atoms with Gasteiger partial charge in [-0.25, -0.2) is 0 Å². The minimum Gasteiger partial charge on any atom is -0.466 e. The molecule has 2 heterocycles. The van der Waals surface area contributed by atoms with Crippen molar-refractivity contribution in [3.63, 3.8) is 0 Å². The fourth-order valence-corrected chi connectivity index (χ4v) is 7.19. The number of carbonyl (C=O) groups excluding carboxylic acids is 5. The normalized spacial score (nSPS) is 29.5. The number of rotatable bonds is 19. The summed E-state index contributed by atoms with van der Waals surface area (Å²) in [6.45, 7) is 12.2. The van der Waals surface area contributed by atoms with Crippen LogP contribution in [0.2, 0.25) is 0 Å². The standard InChI is InChI=1S/C33H50O10S/c1-8-40-31(38)22(15-23(34)10-11-25(36)21(4)5)17-44-18-24(35)16-28(37)42-26-13-14-33(19-41-33)30(29(26)39-7)32(6)27(43-32)12-9-20(2)3/h9,21-22,26-27,29-30H,8,10-19H2,1-7H3/t22-,26-,27-,29-,30-,32-,33+/m1/s1. The molecule has 248 valence electrons. The van der Waals surface area contributed by atoms with Crippen molar-refractivity contribution in [2.75, 3.05) is 31.8 Å². The summed E-state index contributed by atoms with van der Waals surface area (Å²) >= 11 is 1.18. The first-order valence-corrected chi connectivity index (χ1v) is 16.9. The van der Waals surface area contributed by atoms with Gasteiger partial charge in [0, 0.05) is 38.0 Å². The number of hydrogen-bond acceptors (Lipinski definition) is 11. The van der Waals surface area contributed by atoms with E-state index in [1.165, 1.54) is 17.3 Å². The van der Waals surface area contributed by atoms with E-state index in [4.69, 9.17) is 23.7 Å². The maximum atomic E-state index is 12.9. The SMILES string of the molecule is CCOC(=O)[C@@H](CSCC(=O)CC(=O)O[C@@H]1CC[C@]2(CO2)[C@@H]([C@]2(C)O[C@@H]2CC=C(C)C)[C@@H]1OC)CC(=O)CCC(=O)C(C)C. The van der Waals surface area contributed by atoms with Gasteiger partial charge >= 0.3 is 11.9 Å². The van der Waals surface area contributed by atoms with E-state index in [-0.39, 0.29) is 78.3 Å². The van der Waals surface area contributed by atoms with Crippen LogP contribution >= 0.6 is 11.8 Å². The van der Waals surface area contributed by atoms with Crippen molar-refractivity contribution < 1.29 is 47.7 Å². The quantitative estimate of drug-likeness (QED) is 0.0859. The van der Waals surface area contributed by atoms with Gasteiger partial charge in [-0.2, -0.15) is 11.8 Å². The number of methoxy groups -OCH3 is 1. The molecule has 2 aliphatic heterocycles. The summed E-state index contributed by atoms with van der Waals surface area (Å²) < 4.78 is 29.0. The molecule has 10 nitrogen and oxygen atoms in total. The molecule has 3 fully saturated rings. The van der Waals surface area contributed by atoms with E-state index < -0.39 is 42.1 Å². The molecule has 0 amide bonds. The number of carbonyl (C=O) groups is 5. The van der Waals surface area contributed by atoms with Crippen molar-refractivity contribution >= 4 is 41.1 Å². The zero-order valence-electron chi connectivity index (χ0n) is 27.3. The van der Waals surface area contributed by atoms with E-state index in [2.05, 4.69) is 26.8 Å². The molecule has 3 aliphatic rings. The molecule has 0 aromatic rings. The second-order valence-corrected chi connectivity index (χ2v) is 14.0. The Morgan fingerprint density at radius 1 is 1.09 bits per heavy atom. The highest BCUT2D eigenvalue weighted by molar-refractivity contribution is 7.99. The lowest BCUT2D eigenvalue weighted by molar-refractivity contribution is -0.172. The van der Waals surface area contributed by atoms with Gasteiger partial charge in [0.2, 0.25) is 0 Å². The zero-order chi connectivity index (χ0) is 32.7. The largest absolute Gasteiger partial charge is 0.466 e. The van der Waals surface area contributed by atoms with Crippen LogP contribution in [-0.2, 0) is 47.7 Å². The van der Waals surface area contributed by atoms with Crippen molar-refractivity contribution in [3.8, 4) is 0 Å². The molecule has 0 radical (unpaired) electrons. The molecule has 2 saturated heterocycles. The minimum absolute atomic E-state index is 0.00224. The molecule has 44 heavy (non-hydrogen) atoms. The third-order valence-corrected chi connectivity index (χ3v) is 10.00. The van der Waals surface area contributed by atoms with Gasteiger partial charge in [-0.05, 0) is 47.0 Å². The number of esters is 2. The summed E-state index contributed by atoms with van der Waals surface area (Å²) in [4.78, 5) is 62.3. The monoisotopic (exact) mass is 638 g/mol. The van der Waals surface area contributed by atoms with Gasteiger partial charge in [-0.1, -0.05) is 25.5 Å². The average molecular weight is 639 g/mol. The number of epoxide rings is 2. The van der Waals surface area contributed by atoms with Crippen LogP contribution in [0.25, 0.3) is 0 Å². The summed E-state index contributed by atoms with van der Waals surface area (Å²) in [7, 11) is 1.60. The molecule has 0 bridgehead atoms. The molecule has 3 rings (SSSR count). The highest BCUT2D eigenvalue weighted by atomic mass is 32.2. The maximum absolute atomic E-state index is 12.9. The Bertz CT molecular complexity index is 1090. The second-order valence-electron chi connectivity index (χ2n) is 12.9. The van der Waals surface area contributed by atoms with E-state index in [1.807, 2.05) is 0 Å². The van der Waals surface area contributed by atoms with E-state index in [1.54, 1.807) is 27.9 Å². The Morgan fingerprint density at radius 3 is 2.39 bits per heavy atom. The summed E-state index contributed by atoms with van der Waals surface area (Å²) in [5, 5.41) is 0. The third kappa shape index (κ3) is 9.71. The third-order valence-electron chi connectivity index (χ3n) is 8.83. The van der Waals surface area contributed by atoms with Gasteiger partial charge in [0.05, 0.1) is 36.9 Å². The number of thioether (sulfide) groups is 1. The van der Waals surface area contributed by atoms with Crippen molar-refractivity contribution in [2.45, 2.75) is 116 Å². The fourth-order valence-electron chi connectivity index (χ4n) is 6.21. The molecule has 1 spiro atoms. The molecule has 11 heteroatoms. The van der Waals surface area contributed by atoms with Crippen LogP contribution in [0, 0.1) is 17.8 Å². The number of ketones is 3. The van der Waals surface area contributed by atoms with Gasteiger partial charge in [-0.3, -0.25) is 24.0 Å². The van der Waals surface area contributed by atoms with Crippen LogP contribution in [-0.4, -0.2) is 90.6 Å². The van der Waals surface area contributed by atoms with Crippen LogP contribution in [0.5, 0.6) is 0 Å². The van der Waals surface area contributed by atoms with E-state index in [0.717, 1.165) is 6.42 Å². The first kappa shape index (κ1) is 36.4. The average Bonchev–Trinajstić information content (AvgIpc) is 3.87. The first-order chi connectivity index (χ1) is 20.8. The molecule has 1 saturated carbocycles. The van der Waals surface area contributed by atoms with Crippen LogP contribution in [0.4, 0.5) is 0 Å². The van der Waals surface area contributed by atoms with Gasteiger partial charge in [0.25, 0.3) is 0 Å². The Kier molecular flexibility index (Phi) is 13.2. The van der Waals surface area contributed by atoms with Gasteiger partial charge in [0.1, 0.15) is 41.4 Å². The predicted octanol–water partition coefficient (Wildman–Crippen LogP) is 4.44. The molecule has 1 aliphatic carbocycles. The Morgan fingerprint density at radius 2 is 1.80 bits per heavy atom. The number of hydrogen-bond donors (Lipinski definition) is 0. The topological polar surface area (TPSA) is 138 Å². The maximum Gasteiger partial charge on any atom is 0.313 e. The van der Waals surface area contributed by atoms with E-state index in [0.29, 0.717) is 19.4 Å². The summed E-state index contributed by atoms with van der Waals surface area (Å²) in [6.07, 6.45) is 3.06. The van der Waals surface area contributed by atoms with Crippen LogP contribution in [0.3, 0.4) is 0 Å². The molecule has 0 aromatic carbocycles. The molecular formula is C33H50O10S. The van der Waals surface area contributed by atoms with E-state index in [9.17, 15) is 24.0 Å². The van der Waals surface area contributed by atoms with E-state index >= 15 is 0 Å². The lowest BCUT2D eigenvalue weighted by atomic mass is 9.68. The smallest absolute Gasteiger partial charge is 0.313 e. The van der Waals surface area contributed by atoms with Crippen molar-refractivity contribution in [2.24, 2.45) is 17.8 Å². The second kappa shape index (κ2) is 16.0.